The third-order valence-corrected chi connectivity index (χ3v) is 3.78. The number of sulfonamides is 1. The number of nitrogens with two attached hydrogens (primary N) is 1. The van der Waals surface area contributed by atoms with Gasteiger partial charge in [0.1, 0.15) is 0 Å². The van der Waals surface area contributed by atoms with Crippen molar-refractivity contribution in [3.63, 3.8) is 0 Å². The molecule has 17 heavy (non-hydrogen) atoms. The molecule has 4 nitrogen and oxygen atoms in total. The smallest absolute Gasteiger partial charge is 0.215 e. The van der Waals surface area contributed by atoms with Crippen molar-refractivity contribution in [2.45, 2.75) is 12.2 Å². The van der Waals surface area contributed by atoms with Crippen LogP contribution in [0.15, 0.2) is 18.2 Å². The van der Waals surface area contributed by atoms with E-state index in [4.69, 9.17) is 28.9 Å². The summed E-state index contributed by atoms with van der Waals surface area (Å²) in [5, 5.41) is 0.842. The van der Waals surface area contributed by atoms with E-state index in [9.17, 15) is 8.42 Å². The molecule has 0 unspecified atom stereocenters. The number of rotatable bonds is 6. The van der Waals surface area contributed by atoms with Gasteiger partial charge in [-0.1, -0.05) is 23.2 Å². The first-order valence-electron chi connectivity index (χ1n) is 5.05. The number of halogens is 2. The van der Waals surface area contributed by atoms with Crippen LogP contribution in [0.2, 0.25) is 10.0 Å². The Kier molecular flexibility index (Phi) is 5.69. The summed E-state index contributed by atoms with van der Waals surface area (Å²) in [4.78, 5) is 0. The van der Waals surface area contributed by atoms with Crippen LogP contribution in [0.3, 0.4) is 0 Å². The summed E-state index contributed by atoms with van der Waals surface area (Å²) in [6.45, 7) is 0.790. The molecule has 0 aliphatic rings. The molecule has 0 spiro atoms. The van der Waals surface area contributed by atoms with E-state index in [1.807, 2.05) is 0 Å². The van der Waals surface area contributed by atoms with Gasteiger partial charge in [0.15, 0.2) is 0 Å². The second-order valence-electron chi connectivity index (χ2n) is 3.57. The quantitative estimate of drug-likeness (QED) is 0.786. The first kappa shape index (κ1) is 14.7. The van der Waals surface area contributed by atoms with Crippen molar-refractivity contribution < 1.29 is 8.42 Å². The molecule has 0 saturated heterocycles. The first-order valence-corrected chi connectivity index (χ1v) is 7.46. The maximum absolute atomic E-state index is 11.7. The van der Waals surface area contributed by atoms with E-state index in [0.29, 0.717) is 35.1 Å². The highest BCUT2D eigenvalue weighted by Gasteiger charge is 2.11. The van der Waals surface area contributed by atoms with E-state index >= 15 is 0 Å². The molecule has 0 radical (unpaired) electrons. The van der Waals surface area contributed by atoms with E-state index in [2.05, 4.69) is 4.72 Å². The summed E-state index contributed by atoms with van der Waals surface area (Å²) in [6.07, 6.45) is 0.607. The van der Waals surface area contributed by atoms with Gasteiger partial charge in [-0.15, -0.1) is 0 Å². The van der Waals surface area contributed by atoms with Crippen LogP contribution in [0.1, 0.15) is 12.0 Å². The van der Waals surface area contributed by atoms with Gasteiger partial charge < -0.3 is 5.73 Å². The summed E-state index contributed by atoms with van der Waals surface area (Å²) in [7, 11) is -3.36. The first-order chi connectivity index (χ1) is 7.93. The second kappa shape index (κ2) is 6.56. The zero-order chi connectivity index (χ0) is 12.9. The van der Waals surface area contributed by atoms with Gasteiger partial charge in [-0.25, -0.2) is 13.1 Å². The summed E-state index contributed by atoms with van der Waals surface area (Å²) in [5.41, 5.74) is 5.84. The van der Waals surface area contributed by atoms with Crippen molar-refractivity contribution in [1.29, 1.82) is 0 Å². The van der Waals surface area contributed by atoms with Crippen molar-refractivity contribution in [2.24, 2.45) is 5.73 Å². The lowest BCUT2D eigenvalue weighted by Crippen LogP contribution is -2.27. The summed E-state index contributed by atoms with van der Waals surface area (Å²) in [5.74, 6) is -0.141. The Balaban J connectivity index is 2.69. The minimum Gasteiger partial charge on any atom is -0.330 e. The van der Waals surface area contributed by atoms with Crippen molar-refractivity contribution in [3.8, 4) is 0 Å². The molecule has 0 bridgehead atoms. The maximum atomic E-state index is 11.7. The van der Waals surface area contributed by atoms with E-state index < -0.39 is 10.0 Å². The monoisotopic (exact) mass is 296 g/mol. The zero-order valence-electron chi connectivity index (χ0n) is 9.12. The van der Waals surface area contributed by atoms with Gasteiger partial charge in [-0.2, -0.15) is 0 Å². The average molecular weight is 297 g/mol. The molecular weight excluding hydrogens is 283 g/mol. The Labute approximate surface area is 111 Å². The lowest BCUT2D eigenvalue weighted by molar-refractivity contribution is 0.579. The highest BCUT2D eigenvalue weighted by Crippen LogP contribution is 2.20. The molecule has 0 heterocycles. The van der Waals surface area contributed by atoms with E-state index in [-0.39, 0.29) is 5.75 Å². The summed E-state index contributed by atoms with van der Waals surface area (Å²) in [6, 6.07) is 4.71. The summed E-state index contributed by atoms with van der Waals surface area (Å²) < 4.78 is 25.8. The topological polar surface area (TPSA) is 72.2 Å². The van der Waals surface area contributed by atoms with Crippen LogP contribution in [-0.4, -0.2) is 21.5 Å². The standard InChI is InChI=1S/C10H14Cl2N2O2S/c11-9-4-8(5-10(12)6-9)7-17(15,16)14-3-1-2-13/h4-6,14H,1-3,7,13H2. The van der Waals surface area contributed by atoms with E-state index in [1.165, 1.54) is 0 Å². The van der Waals surface area contributed by atoms with Crippen LogP contribution in [0, 0.1) is 0 Å². The number of nitrogens with one attached hydrogen (secondary N) is 1. The molecule has 0 atom stereocenters. The summed E-state index contributed by atoms with van der Waals surface area (Å²) >= 11 is 11.6. The van der Waals surface area contributed by atoms with Crippen LogP contribution in [-0.2, 0) is 15.8 Å². The van der Waals surface area contributed by atoms with Crippen molar-refractivity contribution in [1.82, 2.24) is 4.72 Å². The van der Waals surface area contributed by atoms with Gasteiger partial charge in [0.05, 0.1) is 5.75 Å². The van der Waals surface area contributed by atoms with E-state index in [1.54, 1.807) is 18.2 Å². The third-order valence-electron chi connectivity index (χ3n) is 1.98. The van der Waals surface area contributed by atoms with Gasteiger partial charge in [-0.05, 0) is 36.7 Å². The van der Waals surface area contributed by atoms with Gasteiger partial charge >= 0.3 is 0 Å². The Bertz CT molecular complexity index is 457. The normalized spacial score (nSPS) is 11.7. The van der Waals surface area contributed by atoms with Gasteiger partial charge in [0.25, 0.3) is 0 Å². The highest BCUT2D eigenvalue weighted by atomic mass is 35.5. The zero-order valence-corrected chi connectivity index (χ0v) is 11.4. The van der Waals surface area contributed by atoms with Crippen LogP contribution >= 0.6 is 23.2 Å². The molecule has 0 fully saturated rings. The molecule has 0 aromatic heterocycles. The van der Waals surface area contributed by atoms with Gasteiger partial charge in [-0.3, -0.25) is 0 Å². The van der Waals surface area contributed by atoms with Crippen LogP contribution in [0.25, 0.3) is 0 Å². The average Bonchev–Trinajstić information content (AvgIpc) is 2.14. The van der Waals surface area contributed by atoms with Crippen molar-refractivity contribution >= 4 is 33.2 Å². The minimum absolute atomic E-state index is 0.141. The van der Waals surface area contributed by atoms with Crippen molar-refractivity contribution in [2.75, 3.05) is 13.1 Å². The molecule has 1 rings (SSSR count). The largest absolute Gasteiger partial charge is 0.330 e. The highest BCUT2D eigenvalue weighted by molar-refractivity contribution is 7.88. The van der Waals surface area contributed by atoms with E-state index in [0.717, 1.165) is 0 Å². The SMILES string of the molecule is NCCCNS(=O)(=O)Cc1cc(Cl)cc(Cl)c1. The Morgan fingerprint density at radius 2 is 1.76 bits per heavy atom. The predicted molar refractivity (Wildman–Crippen MR) is 70.8 cm³/mol. The molecule has 0 aliphatic heterocycles. The molecule has 3 N–H and O–H groups in total. The molecule has 1 aromatic rings. The lowest BCUT2D eigenvalue weighted by atomic mass is 10.2. The minimum atomic E-state index is -3.36. The fourth-order valence-electron chi connectivity index (χ4n) is 1.29. The lowest BCUT2D eigenvalue weighted by Gasteiger charge is -2.07. The number of benzene rings is 1. The number of hydrogen-bond donors (Lipinski definition) is 2. The molecule has 96 valence electrons. The molecule has 0 aliphatic carbocycles. The molecule has 7 heteroatoms. The van der Waals surface area contributed by atoms with Gasteiger partial charge in [0.2, 0.25) is 10.0 Å². The van der Waals surface area contributed by atoms with Crippen LogP contribution in [0.4, 0.5) is 0 Å². The molecule has 0 saturated carbocycles. The second-order valence-corrected chi connectivity index (χ2v) is 6.25. The third kappa shape index (κ3) is 5.70. The molecular formula is C10H14Cl2N2O2S. The Morgan fingerprint density at radius 3 is 2.29 bits per heavy atom. The Hall–Kier alpha value is -0.330. The molecule has 0 amide bonds. The van der Waals surface area contributed by atoms with Crippen LogP contribution in [0.5, 0.6) is 0 Å². The molecule has 1 aromatic carbocycles. The number of hydrogen-bond acceptors (Lipinski definition) is 3. The Morgan fingerprint density at radius 1 is 1.18 bits per heavy atom. The fraction of sp³-hybridized carbons (Fsp3) is 0.400. The van der Waals surface area contributed by atoms with Crippen LogP contribution < -0.4 is 10.5 Å². The van der Waals surface area contributed by atoms with Gasteiger partial charge in [0, 0.05) is 16.6 Å². The fourth-order valence-corrected chi connectivity index (χ4v) is 3.03. The predicted octanol–water partition coefficient (Wildman–Crippen LogP) is 1.76. The van der Waals surface area contributed by atoms with Crippen molar-refractivity contribution in [3.05, 3.63) is 33.8 Å². The maximum Gasteiger partial charge on any atom is 0.215 e.